The number of pyridine rings is 1. The Balaban J connectivity index is 0.00000763. The van der Waals surface area contributed by atoms with Crippen LogP contribution in [0.1, 0.15) is 154 Å². The van der Waals surface area contributed by atoms with Gasteiger partial charge in [-0.2, -0.15) is 6.07 Å². The van der Waals surface area contributed by atoms with Crippen LogP contribution in [0.15, 0.2) is 212 Å². The van der Waals surface area contributed by atoms with E-state index in [4.69, 9.17) is 9.72 Å². The zero-order valence-corrected chi connectivity index (χ0v) is 59.3. The molecule has 0 radical (unpaired) electrons. The molecule has 0 bridgehead atoms. The van der Waals surface area contributed by atoms with Gasteiger partial charge in [-0.1, -0.05) is 290 Å². The van der Waals surface area contributed by atoms with Gasteiger partial charge >= 0.3 is 0 Å². The molecular formula is C88H83N4OPt-3. The van der Waals surface area contributed by atoms with Crippen LogP contribution in [-0.4, -0.2) is 9.55 Å². The van der Waals surface area contributed by atoms with Crippen molar-refractivity contribution < 1.29 is 25.8 Å². The van der Waals surface area contributed by atoms with E-state index in [1.54, 1.807) is 0 Å². The van der Waals surface area contributed by atoms with Gasteiger partial charge in [-0.05, 0) is 131 Å². The summed E-state index contributed by atoms with van der Waals surface area (Å²) in [5.41, 5.74) is 25.2. The second kappa shape index (κ2) is 22.5. The van der Waals surface area contributed by atoms with E-state index < -0.39 is 5.41 Å². The molecule has 10 aromatic carbocycles. The molecule has 3 heterocycles. The SMILES string of the molecule is CC(C)(C)Cc1ccccc1-c1cccc(-c2cc(C(C)(C)C)cc(C(C)(C)C)c2)c1N1[CH-]N(c2[c-]c(Oc3[c-]c4c(c5c3C3(c6ccccc6-c6ccccc63)c3ccccc3-5)c3ccccc3n4-c3cc(C(C)(C)C)ccn3)c(C(C)(C)C)cc2)c2ccccc21.[Pt]. The van der Waals surface area contributed by atoms with Gasteiger partial charge in [0, 0.05) is 77.9 Å². The molecule has 0 amide bonds. The monoisotopic (exact) mass is 1410 g/mol. The number of anilines is 4. The van der Waals surface area contributed by atoms with Crippen molar-refractivity contribution in [3.8, 4) is 61.8 Å². The first-order chi connectivity index (χ1) is 44.3. The Morgan fingerprint density at radius 3 is 1.64 bits per heavy atom. The first-order valence-corrected chi connectivity index (χ1v) is 33.2. The summed E-state index contributed by atoms with van der Waals surface area (Å²) < 4.78 is 10.4. The molecule has 1 aliphatic heterocycles. The fourth-order valence-electron chi connectivity index (χ4n) is 15.2. The minimum Gasteiger partial charge on any atom is -0.508 e. The number of ether oxygens (including phenoxy) is 1. The minimum atomic E-state index is -0.759. The van der Waals surface area contributed by atoms with E-state index in [0.717, 1.165) is 73.5 Å². The van der Waals surface area contributed by atoms with Crippen LogP contribution in [-0.2, 0) is 54.6 Å². The minimum absolute atomic E-state index is 0. The number of fused-ring (bicyclic) bond motifs is 15. The molecule has 94 heavy (non-hydrogen) atoms. The van der Waals surface area contributed by atoms with Gasteiger partial charge in [-0.15, -0.1) is 41.7 Å². The molecule has 0 saturated heterocycles. The van der Waals surface area contributed by atoms with E-state index in [1.807, 2.05) is 6.20 Å². The quantitative estimate of drug-likeness (QED) is 0.142. The summed E-state index contributed by atoms with van der Waals surface area (Å²) in [4.78, 5) is 9.98. The molecule has 6 heteroatoms. The molecule has 2 aromatic heterocycles. The molecule has 474 valence electrons. The number of benzene rings is 10. The maximum absolute atomic E-state index is 8.08. The van der Waals surface area contributed by atoms with Crippen LogP contribution in [0.5, 0.6) is 11.5 Å². The average molecular weight is 1410 g/mol. The Morgan fingerprint density at radius 1 is 0.468 bits per heavy atom. The van der Waals surface area contributed by atoms with Crippen molar-refractivity contribution >= 4 is 44.6 Å². The third kappa shape index (κ3) is 10.2. The third-order valence-electron chi connectivity index (χ3n) is 19.7. The molecule has 0 atom stereocenters. The van der Waals surface area contributed by atoms with Crippen LogP contribution in [0, 0.1) is 24.2 Å². The van der Waals surface area contributed by atoms with Crippen molar-refractivity contribution in [2.45, 2.75) is 137 Å². The molecule has 0 N–H and O–H groups in total. The largest absolute Gasteiger partial charge is 0.508 e. The Bertz CT molecular complexity index is 4930. The van der Waals surface area contributed by atoms with Gasteiger partial charge in [0.25, 0.3) is 0 Å². The number of aromatic nitrogens is 2. The van der Waals surface area contributed by atoms with Gasteiger partial charge in [0.2, 0.25) is 0 Å². The molecule has 0 fully saturated rings. The molecule has 3 aliphatic rings. The molecule has 2 aliphatic carbocycles. The molecule has 1 spiro atoms. The van der Waals surface area contributed by atoms with Crippen molar-refractivity contribution in [2.24, 2.45) is 5.41 Å². The third-order valence-corrected chi connectivity index (χ3v) is 19.7. The summed E-state index contributed by atoms with van der Waals surface area (Å²) in [5, 5.41) is 2.26. The summed E-state index contributed by atoms with van der Waals surface area (Å²) in [5.74, 6) is 2.14. The van der Waals surface area contributed by atoms with Crippen LogP contribution < -0.4 is 14.5 Å². The van der Waals surface area contributed by atoms with E-state index >= 15 is 0 Å². The first-order valence-electron chi connectivity index (χ1n) is 33.2. The van der Waals surface area contributed by atoms with E-state index in [-0.39, 0.29) is 48.1 Å². The Morgan fingerprint density at radius 2 is 1.01 bits per heavy atom. The fraction of sp³-hybridized carbons (Fsp3) is 0.250. The van der Waals surface area contributed by atoms with Crippen molar-refractivity contribution in [1.82, 2.24) is 9.55 Å². The van der Waals surface area contributed by atoms with Crippen LogP contribution in [0.2, 0.25) is 0 Å². The van der Waals surface area contributed by atoms with Crippen molar-refractivity contribution in [3.63, 3.8) is 0 Å². The molecule has 5 nitrogen and oxygen atoms in total. The summed E-state index contributed by atoms with van der Waals surface area (Å²) in [6.45, 7) is 36.9. The maximum Gasteiger partial charge on any atom is 0.135 e. The molecular weight excluding hydrogens is 1320 g/mol. The smallest absolute Gasteiger partial charge is 0.135 e. The van der Waals surface area contributed by atoms with Crippen LogP contribution >= 0.6 is 0 Å². The molecule has 0 unspecified atom stereocenters. The average Bonchev–Trinajstić information content (AvgIpc) is 1.49. The zero-order chi connectivity index (χ0) is 64.9. The summed E-state index contributed by atoms with van der Waals surface area (Å²) in [6.07, 6.45) is 2.88. The number of hydrogen-bond acceptors (Lipinski definition) is 4. The molecule has 12 aromatic rings. The van der Waals surface area contributed by atoms with Gasteiger partial charge in [-0.25, -0.2) is 4.98 Å². The maximum atomic E-state index is 8.08. The van der Waals surface area contributed by atoms with E-state index in [1.165, 1.54) is 77.9 Å². The van der Waals surface area contributed by atoms with E-state index in [2.05, 4.69) is 343 Å². The normalized spacial score (nSPS) is 14.1. The topological polar surface area (TPSA) is 33.5 Å². The van der Waals surface area contributed by atoms with Gasteiger partial charge < -0.3 is 19.1 Å². The summed E-state index contributed by atoms with van der Waals surface area (Å²) in [6, 6.07) is 85.3. The van der Waals surface area contributed by atoms with Gasteiger partial charge in [0.15, 0.2) is 0 Å². The van der Waals surface area contributed by atoms with Crippen LogP contribution in [0.3, 0.4) is 0 Å². The standard InChI is InChI=1S/C88H83N4O.Pt/c1-83(2,3)53-55-29-16-17-30-61(55)65-36-28-35-62(56-47-58(85(7,8)9)49-59(48-56)86(10,11)12)82(65)91-54-90(73-41-26-27-42-74(73)91)60-43-44-71(87(13,14)15)76(51-60)93-77-52-75-79(67-34-21-25-40-72(67)92(75)78-50-57(45-46-89-78)84(4,5)6)80-66-33-20-24-39-70(66)88(81(77)80)68-37-22-18-31-63(68)64-32-19-23-38-69(64)88;/h16-50,54H,53H2,1-15H3;/q-3;. The summed E-state index contributed by atoms with van der Waals surface area (Å²) in [7, 11) is 0. The van der Waals surface area contributed by atoms with Gasteiger partial charge in [0.05, 0.1) is 0 Å². The predicted octanol–water partition coefficient (Wildman–Crippen LogP) is 23.4. The Kier molecular flexibility index (Phi) is 15.0. The van der Waals surface area contributed by atoms with E-state index in [0.29, 0.717) is 11.5 Å². The van der Waals surface area contributed by atoms with Gasteiger partial charge in [-0.3, -0.25) is 0 Å². The van der Waals surface area contributed by atoms with Crippen LogP contribution in [0.25, 0.3) is 72.1 Å². The zero-order valence-electron chi connectivity index (χ0n) is 57.0. The summed E-state index contributed by atoms with van der Waals surface area (Å²) >= 11 is 0. The first kappa shape index (κ1) is 62.7. The molecule has 0 saturated carbocycles. The number of hydrogen-bond donors (Lipinski definition) is 0. The number of nitrogens with zero attached hydrogens (tertiary/aromatic N) is 4. The van der Waals surface area contributed by atoms with Crippen molar-refractivity contribution in [3.05, 3.63) is 281 Å². The fourth-order valence-corrected chi connectivity index (χ4v) is 15.2. The second-order valence-corrected chi connectivity index (χ2v) is 31.5. The predicted molar refractivity (Wildman–Crippen MR) is 389 cm³/mol. The Hall–Kier alpha value is -8.76. The van der Waals surface area contributed by atoms with Crippen molar-refractivity contribution in [2.75, 3.05) is 9.80 Å². The Labute approximate surface area is 571 Å². The number of para-hydroxylation sites is 4. The number of rotatable bonds is 8. The second-order valence-electron chi connectivity index (χ2n) is 31.5. The van der Waals surface area contributed by atoms with Gasteiger partial charge in [0.1, 0.15) is 5.82 Å². The van der Waals surface area contributed by atoms with Crippen LogP contribution in [0.4, 0.5) is 22.7 Å². The molecule has 15 rings (SSSR count). The van der Waals surface area contributed by atoms with Crippen molar-refractivity contribution in [1.29, 1.82) is 0 Å². The van der Waals surface area contributed by atoms with E-state index in [9.17, 15) is 0 Å².